The summed E-state index contributed by atoms with van der Waals surface area (Å²) in [6.45, 7) is 0. The maximum atomic E-state index is 11.4. The van der Waals surface area contributed by atoms with Crippen molar-refractivity contribution in [2.45, 2.75) is 24.7 Å². The lowest BCUT2D eigenvalue weighted by Gasteiger charge is -2.38. The first-order chi connectivity index (χ1) is 8.62. The fourth-order valence-electron chi connectivity index (χ4n) is 2.48. The van der Waals surface area contributed by atoms with Crippen molar-refractivity contribution >= 4 is 22.8 Å². The van der Waals surface area contributed by atoms with E-state index in [1.165, 1.54) is 6.20 Å². The molecule has 1 heterocycles. The number of carbonyl (C=O) groups is 1. The molecule has 0 amide bonds. The van der Waals surface area contributed by atoms with Crippen molar-refractivity contribution in [2.24, 2.45) is 0 Å². The molecule has 3 N–H and O–H groups in total. The van der Waals surface area contributed by atoms with E-state index in [9.17, 15) is 9.90 Å². The highest BCUT2D eigenvalue weighted by Crippen LogP contribution is 2.44. The van der Waals surface area contributed by atoms with Gasteiger partial charge in [0.15, 0.2) is 0 Å². The van der Waals surface area contributed by atoms with Crippen LogP contribution in [0.15, 0.2) is 24.4 Å². The molecule has 0 saturated heterocycles. The average Bonchev–Trinajstić information content (AvgIpc) is 2.27. The summed E-state index contributed by atoms with van der Waals surface area (Å²) >= 11 is 0. The molecule has 2 aromatic rings. The third-order valence-corrected chi connectivity index (χ3v) is 3.73. The van der Waals surface area contributed by atoms with Gasteiger partial charge in [-0.1, -0.05) is 12.5 Å². The molecule has 0 spiro atoms. The van der Waals surface area contributed by atoms with E-state index in [4.69, 9.17) is 5.73 Å². The first-order valence-corrected chi connectivity index (χ1v) is 5.88. The number of hydrogen-bond acceptors (Lipinski definition) is 4. The van der Waals surface area contributed by atoms with Gasteiger partial charge in [0.25, 0.3) is 0 Å². The van der Waals surface area contributed by atoms with Crippen molar-refractivity contribution in [2.75, 3.05) is 5.73 Å². The van der Waals surface area contributed by atoms with Crippen LogP contribution in [0.4, 0.5) is 5.82 Å². The third kappa shape index (κ3) is 1.44. The number of carboxylic acids is 1. The van der Waals surface area contributed by atoms with Crippen molar-refractivity contribution in [1.29, 1.82) is 0 Å². The van der Waals surface area contributed by atoms with E-state index in [2.05, 4.69) is 9.97 Å². The standard InChI is InChI=1S/C13H13N3O2/c14-11-7-15-10-6-8(2-3-9(10)16-11)13(12(17)18)4-1-5-13/h2-3,6-7H,1,4-5H2,(H2,14,16)(H,17,18). The summed E-state index contributed by atoms with van der Waals surface area (Å²) in [7, 11) is 0. The first kappa shape index (κ1) is 11.0. The van der Waals surface area contributed by atoms with Gasteiger partial charge in [-0.25, -0.2) is 4.98 Å². The largest absolute Gasteiger partial charge is 0.481 e. The molecule has 0 atom stereocenters. The predicted molar refractivity (Wildman–Crippen MR) is 67.1 cm³/mol. The number of nitrogen functional groups attached to an aromatic ring is 1. The van der Waals surface area contributed by atoms with Crippen LogP contribution in [0, 0.1) is 0 Å². The lowest BCUT2D eigenvalue weighted by Crippen LogP contribution is -2.42. The molecule has 3 rings (SSSR count). The molecule has 1 aromatic carbocycles. The molecular weight excluding hydrogens is 230 g/mol. The molecule has 92 valence electrons. The van der Waals surface area contributed by atoms with Gasteiger partial charge in [-0.15, -0.1) is 0 Å². The van der Waals surface area contributed by atoms with E-state index in [-0.39, 0.29) is 0 Å². The van der Waals surface area contributed by atoms with Crippen molar-refractivity contribution in [3.63, 3.8) is 0 Å². The fraction of sp³-hybridized carbons (Fsp3) is 0.308. The quantitative estimate of drug-likeness (QED) is 0.838. The second-order valence-electron chi connectivity index (χ2n) is 4.74. The number of nitrogens with zero attached hydrogens (tertiary/aromatic N) is 2. The number of nitrogens with two attached hydrogens (primary N) is 1. The highest BCUT2D eigenvalue weighted by molar-refractivity contribution is 5.85. The molecule has 0 radical (unpaired) electrons. The van der Waals surface area contributed by atoms with E-state index in [1.54, 1.807) is 6.07 Å². The summed E-state index contributed by atoms with van der Waals surface area (Å²) in [5.41, 5.74) is 7.04. The molecular formula is C13H13N3O2. The summed E-state index contributed by atoms with van der Waals surface area (Å²) in [6, 6.07) is 5.43. The Labute approximate surface area is 104 Å². The second kappa shape index (κ2) is 3.66. The predicted octanol–water partition coefficient (Wildman–Crippen LogP) is 1.72. The Hall–Kier alpha value is -2.17. The van der Waals surface area contributed by atoms with Crippen LogP contribution >= 0.6 is 0 Å². The van der Waals surface area contributed by atoms with Gasteiger partial charge in [0.1, 0.15) is 5.82 Å². The zero-order chi connectivity index (χ0) is 12.8. The smallest absolute Gasteiger partial charge is 0.314 e. The van der Waals surface area contributed by atoms with E-state index in [1.807, 2.05) is 12.1 Å². The molecule has 5 heteroatoms. The molecule has 0 aliphatic heterocycles. The number of hydrogen-bond donors (Lipinski definition) is 2. The molecule has 0 bridgehead atoms. The van der Waals surface area contributed by atoms with Gasteiger partial charge in [-0.05, 0) is 30.5 Å². The Morgan fingerprint density at radius 1 is 1.33 bits per heavy atom. The van der Waals surface area contributed by atoms with Gasteiger partial charge in [-0.3, -0.25) is 9.78 Å². The van der Waals surface area contributed by atoms with Crippen LogP contribution in [-0.4, -0.2) is 21.0 Å². The molecule has 1 aromatic heterocycles. The van der Waals surface area contributed by atoms with Gasteiger partial charge in [0.05, 0.1) is 22.6 Å². The Bertz CT molecular complexity index is 635. The molecule has 1 aliphatic rings. The van der Waals surface area contributed by atoms with Gasteiger partial charge < -0.3 is 10.8 Å². The number of aliphatic carboxylic acids is 1. The normalized spacial score (nSPS) is 17.3. The minimum Gasteiger partial charge on any atom is -0.481 e. The van der Waals surface area contributed by atoms with Gasteiger partial charge in [0.2, 0.25) is 0 Å². The van der Waals surface area contributed by atoms with Crippen molar-refractivity contribution in [1.82, 2.24) is 9.97 Å². The van der Waals surface area contributed by atoms with Crippen LogP contribution in [0.3, 0.4) is 0 Å². The molecule has 1 saturated carbocycles. The Kier molecular flexibility index (Phi) is 2.23. The number of aromatic nitrogens is 2. The third-order valence-electron chi connectivity index (χ3n) is 3.73. The minimum absolute atomic E-state index is 0.367. The van der Waals surface area contributed by atoms with E-state index in [0.29, 0.717) is 29.7 Å². The van der Waals surface area contributed by atoms with Crippen molar-refractivity contribution in [3.8, 4) is 0 Å². The lowest BCUT2D eigenvalue weighted by atomic mass is 9.64. The summed E-state index contributed by atoms with van der Waals surface area (Å²) in [5, 5.41) is 9.40. The lowest BCUT2D eigenvalue weighted by molar-refractivity contribution is -0.147. The SMILES string of the molecule is Nc1cnc2cc(C3(C(=O)O)CCC3)ccc2n1. The number of rotatable bonds is 2. The molecule has 0 unspecified atom stereocenters. The molecule has 18 heavy (non-hydrogen) atoms. The van der Waals surface area contributed by atoms with Crippen LogP contribution in [0.1, 0.15) is 24.8 Å². The molecule has 1 fully saturated rings. The van der Waals surface area contributed by atoms with Crippen LogP contribution in [0.5, 0.6) is 0 Å². The van der Waals surface area contributed by atoms with Crippen LogP contribution in [0.2, 0.25) is 0 Å². The topological polar surface area (TPSA) is 89.1 Å². The fourth-order valence-corrected chi connectivity index (χ4v) is 2.48. The second-order valence-corrected chi connectivity index (χ2v) is 4.74. The molecule has 5 nitrogen and oxygen atoms in total. The van der Waals surface area contributed by atoms with E-state index >= 15 is 0 Å². The van der Waals surface area contributed by atoms with Crippen molar-refractivity contribution < 1.29 is 9.90 Å². The summed E-state index contributed by atoms with van der Waals surface area (Å²) in [6.07, 6.45) is 3.82. The zero-order valence-electron chi connectivity index (χ0n) is 9.76. The highest BCUT2D eigenvalue weighted by atomic mass is 16.4. The maximum Gasteiger partial charge on any atom is 0.314 e. The average molecular weight is 243 g/mol. The van der Waals surface area contributed by atoms with Crippen LogP contribution < -0.4 is 5.73 Å². The summed E-state index contributed by atoms with van der Waals surface area (Å²) in [4.78, 5) is 19.8. The van der Waals surface area contributed by atoms with Gasteiger partial charge >= 0.3 is 5.97 Å². The Morgan fingerprint density at radius 3 is 2.72 bits per heavy atom. The maximum absolute atomic E-state index is 11.4. The van der Waals surface area contributed by atoms with Gasteiger partial charge in [0, 0.05) is 0 Å². The number of anilines is 1. The molecule has 1 aliphatic carbocycles. The van der Waals surface area contributed by atoms with Gasteiger partial charge in [-0.2, -0.15) is 0 Å². The number of fused-ring (bicyclic) bond motifs is 1. The Morgan fingerprint density at radius 2 is 2.11 bits per heavy atom. The summed E-state index contributed by atoms with van der Waals surface area (Å²) in [5.74, 6) is -0.386. The summed E-state index contributed by atoms with van der Waals surface area (Å²) < 4.78 is 0. The minimum atomic E-state index is -0.753. The van der Waals surface area contributed by atoms with Crippen LogP contribution in [0.25, 0.3) is 11.0 Å². The van der Waals surface area contributed by atoms with E-state index in [0.717, 1.165) is 12.0 Å². The van der Waals surface area contributed by atoms with Crippen molar-refractivity contribution in [3.05, 3.63) is 30.0 Å². The first-order valence-electron chi connectivity index (χ1n) is 5.88. The van der Waals surface area contributed by atoms with E-state index < -0.39 is 11.4 Å². The Balaban J connectivity index is 2.13. The highest BCUT2D eigenvalue weighted by Gasteiger charge is 2.45. The van der Waals surface area contributed by atoms with Crippen LogP contribution in [-0.2, 0) is 10.2 Å². The monoisotopic (exact) mass is 243 g/mol. The number of carboxylic acid groups (broad SMARTS) is 1. The number of benzene rings is 1. The zero-order valence-corrected chi connectivity index (χ0v) is 9.76.